The summed E-state index contributed by atoms with van der Waals surface area (Å²) < 4.78 is 6.63. The van der Waals surface area contributed by atoms with Crippen LogP contribution in [0, 0.1) is 0 Å². The van der Waals surface area contributed by atoms with Crippen molar-refractivity contribution in [2.75, 3.05) is 18.9 Å². The van der Waals surface area contributed by atoms with E-state index in [9.17, 15) is 4.79 Å². The summed E-state index contributed by atoms with van der Waals surface area (Å²) in [5.74, 6) is 0.369. The van der Waals surface area contributed by atoms with E-state index < -0.39 is 12.0 Å². The molecule has 2 heterocycles. The lowest BCUT2D eigenvalue weighted by molar-refractivity contribution is -0.137. The summed E-state index contributed by atoms with van der Waals surface area (Å²) in [6.45, 7) is 1.20. The van der Waals surface area contributed by atoms with Crippen molar-refractivity contribution in [1.29, 1.82) is 0 Å². The van der Waals surface area contributed by atoms with Gasteiger partial charge in [-0.15, -0.1) is 23.1 Å². The monoisotopic (exact) mass is 337 g/mol. The van der Waals surface area contributed by atoms with Gasteiger partial charge < -0.3 is 15.6 Å². The molecule has 0 saturated carbocycles. The molecule has 0 fully saturated rings. The second-order valence-corrected chi connectivity index (χ2v) is 6.78. The van der Waals surface area contributed by atoms with E-state index in [1.54, 1.807) is 0 Å². The maximum atomic E-state index is 11.0. The third kappa shape index (κ3) is 3.23. The van der Waals surface area contributed by atoms with E-state index in [4.69, 9.17) is 15.6 Å². The summed E-state index contributed by atoms with van der Waals surface area (Å²) >= 11 is 2.94. The fourth-order valence-electron chi connectivity index (χ4n) is 1.98. The highest BCUT2D eigenvalue weighted by atomic mass is 32.2. The molecule has 0 radical (unpaired) electrons. The van der Waals surface area contributed by atoms with Gasteiger partial charge in [-0.3, -0.25) is 4.99 Å². The summed E-state index contributed by atoms with van der Waals surface area (Å²) in [7, 11) is 0. The molecule has 0 saturated heterocycles. The molecule has 0 spiro atoms. The number of hydrogen-bond acceptors (Lipinski definition) is 7. The number of ether oxygens (including phenoxy) is 1. The smallest absolute Gasteiger partial charge is 0.329 e. The molecule has 116 valence electrons. The Balaban J connectivity index is 1.81. The molecule has 3 N–H and O–H groups in total. The topological polar surface area (TPSA) is 97.8 Å². The molecule has 1 atom stereocenters. The molecule has 2 aromatic rings. The number of nitrogens with zero attached hydrogens (tertiary/aromatic N) is 2. The van der Waals surface area contributed by atoms with Crippen LogP contribution in [0.1, 0.15) is 11.4 Å². The van der Waals surface area contributed by atoms with Crippen LogP contribution >= 0.6 is 23.1 Å². The van der Waals surface area contributed by atoms with Crippen molar-refractivity contribution in [2.24, 2.45) is 10.7 Å². The molecular weight excluding hydrogens is 322 g/mol. The minimum atomic E-state index is -0.890. The van der Waals surface area contributed by atoms with Crippen LogP contribution in [0.25, 0.3) is 10.2 Å². The number of thioether (sulfide) groups is 1. The minimum Gasteiger partial charge on any atom is -0.493 e. The van der Waals surface area contributed by atoms with Crippen LogP contribution in [0.5, 0.6) is 5.75 Å². The number of aromatic nitrogens is 1. The molecule has 1 aliphatic rings. The van der Waals surface area contributed by atoms with Crippen LogP contribution in [0.15, 0.2) is 23.2 Å². The van der Waals surface area contributed by atoms with Crippen LogP contribution in [0.3, 0.4) is 0 Å². The second-order valence-electron chi connectivity index (χ2n) is 4.74. The first-order valence-corrected chi connectivity index (χ1v) is 8.65. The summed E-state index contributed by atoms with van der Waals surface area (Å²) in [6, 6.07) is 5.07. The summed E-state index contributed by atoms with van der Waals surface area (Å²) in [6.07, 6.45) is 0.815. The van der Waals surface area contributed by atoms with Gasteiger partial charge in [-0.05, 0) is 31.2 Å². The Labute approximate surface area is 135 Å². The Hall–Kier alpha value is -1.64. The maximum absolute atomic E-state index is 11.0. The number of carbonyl (C=O) groups is 1. The molecular formula is C14H15N3O3S2. The van der Waals surface area contributed by atoms with Gasteiger partial charge in [0.05, 0.1) is 16.8 Å². The first-order valence-electron chi connectivity index (χ1n) is 6.84. The maximum Gasteiger partial charge on any atom is 0.329 e. The van der Waals surface area contributed by atoms with E-state index in [1.165, 1.54) is 23.1 Å². The van der Waals surface area contributed by atoms with E-state index in [2.05, 4.69) is 9.98 Å². The van der Waals surface area contributed by atoms with Crippen LogP contribution < -0.4 is 10.5 Å². The lowest BCUT2D eigenvalue weighted by Crippen LogP contribution is -2.17. The van der Waals surface area contributed by atoms with E-state index in [1.807, 2.05) is 18.2 Å². The van der Waals surface area contributed by atoms with E-state index in [-0.39, 0.29) is 0 Å². The van der Waals surface area contributed by atoms with E-state index in [0.717, 1.165) is 27.4 Å². The van der Waals surface area contributed by atoms with Gasteiger partial charge in [0.25, 0.3) is 0 Å². The fraction of sp³-hybridized carbons (Fsp3) is 0.357. The van der Waals surface area contributed by atoms with Crippen molar-refractivity contribution in [3.05, 3.63) is 23.2 Å². The Bertz CT molecular complexity index is 729. The molecule has 3 rings (SSSR count). The van der Waals surface area contributed by atoms with Crippen LogP contribution in [-0.2, 0) is 4.79 Å². The average Bonchev–Trinajstić information content (AvgIpc) is 3.13. The number of carboxylic acid groups (broad SMARTS) is 1. The van der Waals surface area contributed by atoms with Crippen molar-refractivity contribution in [3.8, 4) is 5.75 Å². The lowest BCUT2D eigenvalue weighted by atomic mass is 10.3. The number of fused-ring (bicyclic) bond motifs is 1. The molecule has 1 aliphatic heterocycles. The first-order chi connectivity index (χ1) is 10.7. The Kier molecular flexibility index (Phi) is 4.60. The predicted octanol–water partition coefficient (Wildman–Crippen LogP) is 1.97. The van der Waals surface area contributed by atoms with Crippen molar-refractivity contribution >= 4 is 44.3 Å². The van der Waals surface area contributed by atoms with Gasteiger partial charge in [-0.25, -0.2) is 9.78 Å². The number of nitrogens with two attached hydrogens (primary N) is 1. The lowest BCUT2D eigenvalue weighted by Gasteiger charge is -2.04. The predicted molar refractivity (Wildman–Crippen MR) is 89.2 cm³/mol. The van der Waals surface area contributed by atoms with Gasteiger partial charge in [0, 0.05) is 5.75 Å². The molecule has 22 heavy (non-hydrogen) atoms. The van der Waals surface area contributed by atoms with Crippen molar-refractivity contribution in [2.45, 2.75) is 12.5 Å². The molecule has 1 aromatic heterocycles. The summed E-state index contributed by atoms with van der Waals surface area (Å²) in [5, 5.41) is 10.5. The van der Waals surface area contributed by atoms with Crippen molar-refractivity contribution in [1.82, 2.24) is 4.98 Å². The zero-order chi connectivity index (χ0) is 15.5. The quantitative estimate of drug-likeness (QED) is 0.782. The first kappa shape index (κ1) is 15.3. The largest absolute Gasteiger partial charge is 0.493 e. The van der Waals surface area contributed by atoms with Gasteiger partial charge in [0.2, 0.25) is 0 Å². The highest BCUT2D eigenvalue weighted by Crippen LogP contribution is 2.31. The normalized spacial score (nSPS) is 17.7. The molecule has 0 unspecified atom stereocenters. The Morgan fingerprint density at radius 1 is 1.50 bits per heavy atom. The summed E-state index contributed by atoms with van der Waals surface area (Å²) in [5.41, 5.74) is 6.31. The standard InChI is InChI=1S/C14H15N3O3S2/c15-4-1-5-20-8-2-3-9-11(6-8)22-13(16-9)12-17-10(7-21-12)14(18)19/h2-3,6,10H,1,4-5,7,15H2,(H,18,19)/t10-/m1/s1. The molecule has 1 aromatic carbocycles. The minimum absolute atomic E-state index is 0.466. The SMILES string of the molecule is NCCCOc1ccc2nc(C3=N[C@@H](C(=O)O)CS3)sc2c1. The zero-order valence-corrected chi connectivity index (χ0v) is 13.3. The van der Waals surface area contributed by atoms with Crippen LogP contribution in [-0.4, -0.2) is 46.0 Å². The number of carboxylic acids is 1. The van der Waals surface area contributed by atoms with Gasteiger partial charge in [0.15, 0.2) is 6.04 Å². The average molecular weight is 337 g/mol. The van der Waals surface area contributed by atoms with Gasteiger partial charge in [0.1, 0.15) is 15.8 Å². The Morgan fingerprint density at radius 2 is 2.36 bits per heavy atom. The zero-order valence-electron chi connectivity index (χ0n) is 11.7. The number of aliphatic imine (C=N–C) groups is 1. The van der Waals surface area contributed by atoms with E-state index >= 15 is 0 Å². The number of thiazole rings is 1. The van der Waals surface area contributed by atoms with E-state index in [0.29, 0.717) is 23.9 Å². The molecule has 6 nitrogen and oxygen atoms in total. The van der Waals surface area contributed by atoms with Gasteiger partial charge >= 0.3 is 5.97 Å². The second kappa shape index (κ2) is 6.64. The van der Waals surface area contributed by atoms with Crippen molar-refractivity contribution < 1.29 is 14.6 Å². The van der Waals surface area contributed by atoms with Crippen molar-refractivity contribution in [3.63, 3.8) is 0 Å². The number of benzene rings is 1. The molecule has 0 bridgehead atoms. The fourth-order valence-corrected chi connectivity index (χ4v) is 4.07. The number of aliphatic carboxylic acids is 1. The van der Waals surface area contributed by atoms with Crippen LogP contribution in [0.2, 0.25) is 0 Å². The highest BCUT2D eigenvalue weighted by Gasteiger charge is 2.26. The molecule has 0 amide bonds. The summed E-state index contributed by atoms with van der Waals surface area (Å²) in [4.78, 5) is 19.7. The third-order valence-corrected chi connectivity index (χ3v) is 5.30. The van der Waals surface area contributed by atoms with Gasteiger partial charge in [-0.2, -0.15) is 0 Å². The number of hydrogen-bond donors (Lipinski definition) is 2. The van der Waals surface area contributed by atoms with Gasteiger partial charge in [-0.1, -0.05) is 0 Å². The number of rotatable bonds is 6. The molecule has 0 aliphatic carbocycles. The Morgan fingerprint density at radius 3 is 3.09 bits per heavy atom. The highest BCUT2D eigenvalue weighted by molar-refractivity contribution is 8.15. The van der Waals surface area contributed by atoms with Crippen LogP contribution in [0.4, 0.5) is 0 Å². The molecule has 8 heteroatoms. The third-order valence-electron chi connectivity index (χ3n) is 3.10.